The van der Waals surface area contributed by atoms with Gasteiger partial charge in [0.15, 0.2) is 5.82 Å². The first-order valence-electron chi connectivity index (χ1n) is 6.32. The van der Waals surface area contributed by atoms with Gasteiger partial charge < -0.3 is 9.30 Å². The van der Waals surface area contributed by atoms with E-state index in [1.54, 1.807) is 6.92 Å². The van der Waals surface area contributed by atoms with E-state index in [9.17, 15) is 4.79 Å². The van der Waals surface area contributed by atoms with Crippen LogP contribution in [0.1, 0.15) is 30.1 Å². The van der Waals surface area contributed by atoms with Gasteiger partial charge in [0.25, 0.3) is 0 Å². The van der Waals surface area contributed by atoms with E-state index in [4.69, 9.17) is 4.74 Å². The van der Waals surface area contributed by atoms with Crippen molar-refractivity contribution in [1.29, 1.82) is 0 Å². The molecule has 0 aliphatic rings. The van der Waals surface area contributed by atoms with Gasteiger partial charge in [0.2, 0.25) is 0 Å². The van der Waals surface area contributed by atoms with Gasteiger partial charge in [-0.15, -0.1) is 10.2 Å². The third-order valence-corrected chi connectivity index (χ3v) is 3.58. The Kier molecular flexibility index (Phi) is 4.54. The summed E-state index contributed by atoms with van der Waals surface area (Å²) in [6, 6.07) is 7.57. The van der Waals surface area contributed by atoms with Crippen LogP contribution in [0.2, 0.25) is 0 Å². The van der Waals surface area contributed by atoms with Crippen LogP contribution >= 0.6 is 15.9 Å². The molecule has 0 fully saturated rings. The fraction of sp³-hybridized carbons (Fsp3) is 0.357. The molecule has 2 aromatic rings. The molecule has 0 saturated carbocycles. The summed E-state index contributed by atoms with van der Waals surface area (Å²) in [6.07, 6.45) is 0. The molecule has 1 heterocycles. The Hall–Kier alpha value is -1.69. The van der Waals surface area contributed by atoms with E-state index in [1.807, 2.05) is 42.8 Å². The zero-order chi connectivity index (χ0) is 14.7. The van der Waals surface area contributed by atoms with Crippen molar-refractivity contribution in [2.75, 3.05) is 6.61 Å². The second-order valence-corrected chi connectivity index (χ2v) is 5.32. The molecule has 0 amide bonds. The number of carbonyl (C=O) groups is 1. The number of hydrogen-bond acceptors (Lipinski definition) is 4. The molecule has 0 aliphatic heterocycles. The predicted molar refractivity (Wildman–Crippen MR) is 78.4 cm³/mol. The highest BCUT2D eigenvalue weighted by molar-refractivity contribution is 9.10. The Labute approximate surface area is 126 Å². The van der Waals surface area contributed by atoms with Crippen molar-refractivity contribution in [3.63, 3.8) is 0 Å². The molecule has 1 unspecified atom stereocenters. The number of carbonyl (C=O) groups excluding carboxylic acids is 1. The van der Waals surface area contributed by atoms with Crippen molar-refractivity contribution in [2.24, 2.45) is 7.05 Å². The average molecular weight is 338 g/mol. The molecule has 0 bridgehead atoms. The topological polar surface area (TPSA) is 57.0 Å². The molecule has 106 valence electrons. The summed E-state index contributed by atoms with van der Waals surface area (Å²) >= 11 is 3.42. The van der Waals surface area contributed by atoms with E-state index in [2.05, 4.69) is 26.1 Å². The Morgan fingerprint density at radius 1 is 1.45 bits per heavy atom. The predicted octanol–water partition coefficient (Wildman–Crippen LogP) is 2.58. The molecule has 1 aromatic heterocycles. The summed E-state index contributed by atoms with van der Waals surface area (Å²) < 4.78 is 7.90. The number of hydrogen-bond donors (Lipinski definition) is 0. The van der Waals surface area contributed by atoms with Crippen LogP contribution in [0.4, 0.5) is 0 Å². The highest BCUT2D eigenvalue weighted by atomic mass is 79.9. The molecule has 1 aromatic carbocycles. The largest absolute Gasteiger partial charge is 0.465 e. The summed E-state index contributed by atoms with van der Waals surface area (Å²) in [7, 11) is 1.84. The standard InChI is InChI=1S/C14H16BrN3O2/c1-4-20-14(19)12(10-6-5-7-11(15)8-10)13-17-16-9(2)18(13)3/h5-8,12H,4H2,1-3H3. The van der Waals surface area contributed by atoms with Crippen LogP contribution in [-0.4, -0.2) is 27.3 Å². The summed E-state index contributed by atoms with van der Waals surface area (Å²) in [6.45, 7) is 3.97. The van der Waals surface area contributed by atoms with Crippen molar-refractivity contribution in [2.45, 2.75) is 19.8 Å². The fourth-order valence-corrected chi connectivity index (χ4v) is 2.39. The maximum Gasteiger partial charge on any atom is 0.321 e. The smallest absolute Gasteiger partial charge is 0.321 e. The first-order valence-corrected chi connectivity index (χ1v) is 7.12. The number of aromatic nitrogens is 3. The van der Waals surface area contributed by atoms with E-state index in [0.717, 1.165) is 15.9 Å². The number of rotatable bonds is 4. The summed E-state index contributed by atoms with van der Waals surface area (Å²) in [4.78, 5) is 12.3. The number of aryl methyl sites for hydroxylation is 1. The molecule has 2 rings (SSSR count). The molecule has 0 aliphatic carbocycles. The zero-order valence-electron chi connectivity index (χ0n) is 11.6. The number of benzene rings is 1. The van der Waals surface area contributed by atoms with Crippen LogP contribution in [0.25, 0.3) is 0 Å². The van der Waals surface area contributed by atoms with Gasteiger partial charge in [-0.05, 0) is 31.5 Å². The van der Waals surface area contributed by atoms with Crippen molar-refractivity contribution in [3.8, 4) is 0 Å². The van der Waals surface area contributed by atoms with Gasteiger partial charge in [0, 0.05) is 11.5 Å². The summed E-state index contributed by atoms with van der Waals surface area (Å²) in [5.74, 6) is 0.447. The minimum absolute atomic E-state index is 0.318. The molecule has 5 nitrogen and oxygen atoms in total. The lowest BCUT2D eigenvalue weighted by Gasteiger charge is -2.15. The van der Waals surface area contributed by atoms with Gasteiger partial charge in [-0.2, -0.15) is 0 Å². The molecule has 0 spiro atoms. The molecule has 6 heteroatoms. The lowest BCUT2D eigenvalue weighted by molar-refractivity contribution is -0.144. The van der Waals surface area contributed by atoms with Crippen LogP contribution in [0.15, 0.2) is 28.7 Å². The second kappa shape index (κ2) is 6.17. The quantitative estimate of drug-likeness (QED) is 0.804. The van der Waals surface area contributed by atoms with Crippen LogP contribution in [-0.2, 0) is 16.6 Å². The lowest BCUT2D eigenvalue weighted by Crippen LogP contribution is -2.21. The van der Waals surface area contributed by atoms with Gasteiger partial charge in [0.1, 0.15) is 11.7 Å². The molecular formula is C14H16BrN3O2. The maximum absolute atomic E-state index is 12.3. The highest BCUT2D eigenvalue weighted by Gasteiger charge is 2.29. The second-order valence-electron chi connectivity index (χ2n) is 4.40. The fourth-order valence-electron chi connectivity index (χ4n) is 1.98. The van der Waals surface area contributed by atoms with Crippen LogP contribution < -0.4 is 0 Å². The molecule has 0 saturated heterocycles. The van der Waals surface area contributed by atoms with Crippen LogP contribution in [0, 0.1) is 6.92 Å². The van der Waals surface area contributed by atoms with Crippen molar-refractivity contribution in [3.05, 3.63) is 46.0 Å². The molecule has 1 atom stereocenters. The van der Waals surface area contributed by atoms with Gasteiger partial charge in [-0.3, -0.25) is 4.79 Å². The number of nitrogens with zero attached hydrogens (tertiary/aromatic N) is 3. The van der Waals surface area contributed by atoms with E-state index in [0.29, 0.717) is 12.4 Å². The van der Waals surface area contributed by atoms with E-state index >= 15 is 0 Å². The molecule has 0 radical (unpaired) electrons. The number of esters is 1. The molecule has 0 N–H and O–H groups in total. The van der Waals surface area contributed by atoms with E-state index < -0.39 is 5.92 Å². The van der Waals surface area contributed by atoms with Crippen molar-refractivity contribution >= 4 is 21.9 Å². The third-order valence-electron chi connectivity index (χ3n) is 3.09. The molecule has 20 heavy (non-hydrogen) atoms. The van der Waals surface area contributed by atoms with E-state index in [1.165, 1.54) is 0 Å². The summed E-state index contributed by atoms with van der Waals surface area (Å²) in [5, 5.41) is 8.14. The lowest BCUT2D eigenvalue weighted by atomic mass is 9.98. The van der Waals surface area contributed by atoms with Crippen molar-refractivity contribution < 1.29 is 9.53 Å². The van der Waals surface area contributed by atoms with Gasteiger partial charge in [-0.25, -0.2) is 0 Å². The van der Waals surface area contributed by atoms with Gasteiger partial charge in [0.05, 0.1) is 6.61 Å². The highest BCUT2D eigenvalue weighted by Crippen LogP contribution is 2.27. The third kappa shape index (κ3) is 2.90. The SMILES string of the molecule is CCOC(=O)C(c1cccc(Br)c1)c1nnc(C)n1C. The maximum atomic E-state index is 12.3. The van der Waals surface area contributed by atoms with Crippen LogP contribution in [0.5, 0.6) is 0 Å². The Bertz CT molecular complexity index is 625. The van der Waals surface area contributed by atoms with Crippen molar-refractivity contribution in [1.82, 2.24) is 14.8 Å². The normalized spacial score (nSPS) is 12.2. The van der Waals surface area contributed by atoms with Crippen LogP contribution in [0.3, 0.4) is 0 Å². The Morgan fingerprint density at radius 3 is 2.75 bits per heavy atom. The number of ether oxygens (including phenoxy) is 1. The first-order chi connectivity index (χ1) is 9.54. The van der Waals surface area contributed by atoms with E-state index in [-0.39, 0.29) is 5.97 Å². The summed E-state index contributed by atoms with van der Waals surface area (Å²) in [5.41, 5.74) is 0.827. The van der Waals surface area contributed by atoms with Gasteiger partial charge >= 0.3 is 5.97 Å². The monoisotopic (exact) mass is 337 g/mol. The Morgan fingerprint density at radius 2 is 2.20 bits per heavy atom. The first kappa shape index (κ1) is 14.7. The minimum Gasteiger partial charge on any atom is -0.465 e. The zero-order valence-corrected chi connectivity index (χ0v) is 13.2. The Balaban J connectivity index is 2.50. The van der Waals surface area contributed by atoms with Gasteiger partial charge in [-0.1, -0.05) is 28.1 Å². The number of halogens is 1. The molecular weight excluding hydrogens is 322 g/mol. The average Bonchev–Trinajstić information content (AvgIpc) is 2.72. The minimum atomic E-state index is -0.571.